The quantitative estimate of drug-likeness (QED) is 0.0248. The second kappa shape index (κ2) is 43.3. The molecule has 6 aromatic heterocycles. The van der Waals surface area contributed by atoms with Gasteiger partial charge in [-0.15, -0.1) is 0 Å². The van der Waals surface area contributed by atoms with E-state index in [9.17, 15) is 81.6 Å². The lowest BCUT2D eigenvalue weighted by atomic mass is 9.99. The highest BCUT2D eigenvalue weighted by atomic mass is 32.2. The van der Waals surface area contributed by atoms with Crippen LogP contribution in [0, 0.1) is 59.0 Å². The molecule has 15 aromatic rings. The molecule has 3 fully saturated rings. The van der Waals surface area contributed by atoms with E-state index in [1.807, 2.05) is 0 Å². The van der Waals surface area contributed by atoms with Crippen LogP contribution >= 0.6 is 0 Å². The van der Waals surface area contributed by atoms with Gasteiger partial charge in [-0.2, -0.15) is 15.3 Å². The monoisotopic (exact) mass is 2100 g/mol. The van der Waals surface area contributed by atoms with E-state index >= 15 is 13.2 Å². The predicted molar refractivity (Wildman–Crippen MR) is 546 cm³/mol. The van der Waals surface area contributed by atoms with Gasteiger partial charge in [0.15, 0.2) is 34.8 Å². The lowest BCUT2D eigenvalue weighted by Gasteiger charge is -2.24. The zero-order valence-corrected chi connectivity index (χ0v) is 85.2. The van der Waals surface area contributed by atoms with Gasteiger partial charge in [-0.25, -0.2) is 95.7 Å². The van der Waals surface area contributed by atoms with Crippen LogP contribution in [0.1, 0.15) is 106 Å². The number of ketones is 3. The smallest absolute Gasteiger partial charge is 0.247 e. The number of primary sulfonamides is 1. The Hall–Kier alpha value is -16.2. The van der Waals surface area contributed by atoms with Crippen molar-refractivity contribution in [3.05, 3.63) is 270 Å². The van der Waals surface area contributed by atoms with Gasteiger partial charge in [-0.1, -0.05) is 72.8 Å². The first-order valence-electron chi connectivity index (χ1n) is 46.9. The van der Waals surface area contributed by atoms with E-state index in [1.165, 1.54) is 153 Å². The van der Waals surface area contributed by atoms with Crippen LogP contribution in [0.5, 0.6) is 0 Å². The Kier molecular flexibility index (Phi) is 30.7. The van der Waals surface area contributed by atoms with Crippen molar-refractivity contribution in [1.82, 2.24) is 83.0 Å². The molecule has 150 heavy (non-hydrogen) atoms. The number of fused-ring (bicyclic) bond motifs is 3. The minimum Gasteiger partial charge on any atom is -0.326 e. The molecule has 9 aromatic carbocycles. The number of halogens is 6. The first kappa shape index (κ1) is 107. The van der Waals surface area contributed by atoms with Gasteiger partial charge in [0.25, 0.3) is 0 Å². The number of anilines is 3. The minimum absolute atomic E-state index is 0.00780. The predicted octanol–water partition coefficient (Wildman–Crippen LogP) is 13.9. The first-order chi connectivity index (χ1) is 71.1. The van der Waals surface area contributed by atoms with E-state index in [0.717, 1.165) is 52.4 Å². The SMILES string of the molecule is CC(=O)c1nn(CC(=O)N2C[C@H](F)C[C@H]2C(=O)Nc2cccc(-c3cc(S(=O)(=O)N(C)C)ccc3C)c2F)c2ccc(-c3cnc(C)nc3)cc12.CC(=O)c1nn(CC(=O)N2C[C@H](F)C[C@H]2C(=O)Nc2cccc(-c3cc(S(N)(=O)=O)ccc3C)c2F)c2ccc(-c3cnc(C)nc3)cc12.CNS(=O)(=O)c1ccc(C)c(-c2cccc(NC(=O)[C@@H]3C[C@@H](F)CN3C(=O)Cn3nc(C(C)=O)c4cc(-c5cnc(C)nc5)ccc43)c2F)c1. The molecule has 9 heterocycles. The number of benzene rings is 9. The van der Waals surface area contributed by atoms with Gasteiger partial charge >= 0.3 is 0 Å². The minimum atomic E-state index is -4.07. The van der Waals surface area contributed by atoms with Crippen LogP contribution in [-0.2, 0) is 78.5 Å². The molecule has 0 unspecified atom stereocenters. The molecular formula is C105H99F6N21O15S3. The van der Waals surface area contributed by atoms with Crippen molar-refractivity contribution in [2.24, 2.45) is 5.14 Å². The third-order valence-electron chi connectivity index (χ3n) is 26.0. The molecule has 6 amide bonds. The van der Waals surface area contributed by atoms with Crippen molar-refractivity contribution in [3.8, 4) is 66.8 Å². The molecule has 45 heteroatoms. The summed E-state index contributed by atoms with van der Waals surface area (Å²) in [4.78, 5) is 147. The van der Waals surface area contributed by atoms with Crippen molar-refractivity contribution >= 4 is 133 Å². The van der Waals surface area contributed by atoms with E-state index in [4.69, 9.17) is 5.14 Å². The van der Waals surface area contributed by atoms with Crippen LogP contribution in [-0.4, -0.2) is 234 Å². The van der Waals surface area contributed by atoms with Crippen LogP contribution < -0.4 is 25.8 Å². The maximum Gasteiger partial charge on any atom is 0.247 e. The second-order valence-electron chi connectivity index (χ2n) is 36.6. The number of carbonyl (C=O) groups excluding carboxylic acids is 9. The van der Waals surface area contributed by atoms with E-state index in [0.29, 0.717) is 78.0 Å². The highest BCUT2D eigenvalue weighted by Crippen LogP contribution is 2.40. The molecule has 774 valence electrons. The van der Waals surface area contributed by atoms with Crippen molar-refractivity contribution < 1.29 is 94.7 Å². The molecule has 0 saturated carbocycles. The lowest BCUT2D eigenvalue weighted by Crippen LogP contribution is -2.44. The summed E-state index contributed by atoms with van der Waals surface area (Å²) in [5.41, 5.74) is 8.29. The Morgan fingerprint density at radius 1 is 0.373 bits per heavy atom. The Labute approximate surface area is 856 Å². The van der Waals surface area contributed by atoms with Gasteiger partial charge in [0.2, 0.25) is 65.5 Å². The van der Waals surface area contributed by atoms with Gasteiger partial charge in [-0.05, 0) is 190 Å². The van der Waals surface area contributed by atoms with E-state index in [-0.39, 0.29) is 140 Å². The number of carbonyl (C=O) groups is 9. The maximum atomic E-state index is 16.0. The van der Waals surface area contributed by atoms with Crippen molar-refractivity contribution in [2.75, 3.05) is 56.7 Å². The number of sulfonamides is 3. The summed E-state index contributed by atoms with van der Waals surface area (Å²) in [6, 6.07) is 37.5. The zero-order valence-electron chi connectivity index (χ0n) is 82.7. The molecule has 6 N–H and O–H groups in total. The van der Waals surface area contributed by atoms with Crippen LogP contribution in [0.25, 0.3) is 99.5 Å². The highest BCUT2D eigenvalue weighted by molar-refractivity contribution is 7.89. The normalized spacial score (nSPS) is 16.2. The number of nitrogens with one attached hydrogen (secondary N) is 4. The van der Waals surface area contributed by atoms with E-state index in [1.54, 1.807) is 145 Å². The van der Waals surface area contributed by atoms with Gasteiger partial charge in [0.1, 0.15) is 90.8 Å². The van der Waals surface area contributed by atoms with E-state index in [2.05, 4.69) is 65.9 Å². The largest absolute Gasteiger partial charge is 0.326 e. The van der Waals surface area contributed by atoms with Gasteiger partial charge in [-0.3, -0.25) is 57.2 Å². The number of aromatic nitrogens is 12. The fourth-order valence-corrected chi connectivity index (χ4v) is 20.3. The average molecular weight is 2110 g/mol. The third-order valence-corrected chi connectivity index (χ3v) is 30.2. The number of nitrogens with zero attached hydrogens (tertiary/aromatic N) is 16. The number of rotatable bonds is 26. The molecule has 6 atom stereocenters. The molecule has 0 spiro atoms. The van der Waals surface area contributed by atoms with Crippen molar-refractivity contribution in [1.29, 1.82) is 0 Å². The fraction of sp³-hybridized carbons (Fsp3) is 0.257. The summed E-state index contributed by atoms with van der Waals surface area (Å²) < 4.78 is 174. The summed E-state index contributed by atoms with van der Waals surface area (Å²) >= 11 is 0. The summed E-state index contributed by atoms with van der Waals surface area (Å²) in [5, 5.41) is 27.4. The van der Waals surface area contributed by atoms with Crippen LogP contribution in [0.4, 0.5) is 43.4 Å². The number of aryl methyl sites for hydroxylation is 6. The molecule has 0 bridgehead atoms. The topological polar surface area (TPSA) is 474 Å². The molecule has 0 radical (unpaired) electrons. The average Bonchev–Trinajstić information content (AvgIpc) is 1.60. The van der Waals surface area contributed by atoms with Gasteiger partial charge in [0.05, 0.1) is 67.9 Å². The van der Waals surface area contributed by atoms with Crippen molar-refractivity contribution in [3.63, 3.8) is 0 Å². The molecule has 18 rings (SSSR count). The summed E-state index contributed by atoms with van der Waals surface area (Å²) in [5.74, 6) is -5.91. The Morgan fingerprint density at radius 3 is 0.933 bits per heavy atom. The Bertz CT molecular complexity index is 8370. The number of likely N-dealkylation sites (tertiary alicyclic amines) is 3. The van der Waals surface area contributed by atoms with Crippen LogP contribution in [0.3, 0.4) is 0 Å². The summed E-state index contributed by atoms with van der Waals surface area (Å²) in [6.45, 7) is 12.2. The number of alkyl halides is 3. The maximum absolute atomic E-state index is 16.0. The zero-order chi connectivity index (χ0) is 108. The summed E-state index contributed by atoms with van der Waals surface area (Å²) in [7, 11) is -7.64. The van der Waals surface area contributed by atoms with Gasteiger partial charge in [0, 0.05) is 141 Å². The molecule has 3 aliphatic heterocycles. The Balaban J connectivity index is 0.000000160. The number of amides is 6. The molecule has 3 aliphatic rings. The highest BCUT2D eigenvalue weighted by Gasteiger charge is 2.45. The van der Waals surface area contributed by atoms with E-state index < -0.39 is 126 Å². The summed E-state index contributed by atoms with van der Waals surface area (Å²) in [6.07, 6.45) is 4.52. The lowest BCUT2D eigenvalue weighted by molar-refractivity contribution is -0.137. The third kappa shape index (κ3) is 22.5. The molecule has 36 nitrogen and oxygen atoms in total. The number of nitrogens with two attached hydrogens (primary N) is 1. The standard InChI is InChI=1S/C36H35F2N7O5S.C35H33F2N7O5S.C34H31F2N7O5S/c1-20-9-11-26(51(49,50)43(4)5)15-28(20)27-7-6-8-30(34(27)38)41-36(48)32-14-25(37)18-44(32)33(47)19-45-31-12-10-23(24-16-39-22(3)40-17-24)13-29(31)35(42-45)21(2)46;1-19-8-10-25(50(48,49)38-4)14-27(19)26-6-5-7-29(33(26)37)41-35(47)31-13-24(36)17-43(31)32(46)18-44-30-11-9-22(23-15-39-21(3)40-16-23)12-28(30)34(42-44)20(2)45;1-18-7-9-24(49(37,47)48)13-26(18)25-5-4-6-28(32(25)36)40-34(46)30-12-23(35)16-42(30)31(45)17-43-29-10-8-21(22-14-38-20(3)39-15-22)11-27(29)33(41-43)19(2)44/h6-13,15-17,25,32H,14,18-19H2,1-5H3,(H,41,48);5-12,14-16,24,31,38H,13,17-18H2,1-4H3,(H,41,47);4-11,13-15,23,30H,12,16-17H2,1-3H3,(H,40,46)(H2,37,47,48)/t25-,32+;24-,31+;23-,30+/m111/s1. The second-order valence-corrected chi connectivity index (χ2v) is 42.2. The number of Topliss-reactive ketones (excluding diaryl/α,β-unsaturated/α-hetero) is 3. The van der Waals surface area contributed by atoms with Crippen LogP contribution in [0.2, 0.25) is 0 Å². The first-order valence-corrected chi connectivity index (χ1v) is 51.3. The van der Waals surface area contributed by atoms with Gasteiger partial charge < -0.3 is 30.7 Å². The van der Waals surface area contributed by atoms with Crippen LogP contribution in [0.15, 0.2) is 216 Å². The van der Waals surface area contributed by atoms with Crippen molar-refractivity contribution in [2.45, 2.75) is 153 Å². The molecule has 3 saturated heterocycles. The number of hydrogen-bond acceptors (Lipinski definition) is 24. The molecular weight excluding hydrogens is 2010 g/mol. The number of hydrogen-bond donors (Lipinski definition) is 5. The molecule has 0 aliphatic carbocycles. The Morgan fingerprint density at radius 2 is 0.653 bits per heavy atom. The fourth-order valence-electron chi connectivity index (χ4n) is 18.1.